The molecule has 0 aliphatic heterocycles. The summed E-state index contributed by atoms with van der Waals surface area (Å²) in [6.45, 7) is 2.99. The third kappa shape index (κ3) is 8.66. The number of ketones is 1. The third-order valence-electron chi connectivity index (χ3n) is 9.90. The molecule has 0 bridgehead atoms. The molecule has 11 nitrogen and oxygen atoms in total. The van der Waals surface area contributed by atoms with Crippen molar-refractivity contribution in [3.8, 4) is 11.1 Å². The number of hydrogen-bond donors (Lipinski definition) is 6. The molecule has 0 saturated carbocycles. The number of carboxylic acid groups (broad SMARTS) is 2. The molecule has 0 aliphatic rings. The van der Waals surface area contributed by atoms with Gasteiger partial charge in [0.25, 0.3) is 23.0 Å². The predicted molar refractivity (Wildman–Crippen MR) is 194 cm³/mol. The van der Waals surface area contributed by atoms with Gasteiger partial charge in [-0.25, -0.2) is 9.59 Å². The zero-order valence-corrected chi connectivity index (χ0v) is 32.3. The Labute approximate surface area is 346 Å². The van der Waals surface area contributed by atoms with E-state index in [1.807, 2.05) is 0 Å². The Kier molecular flexibility index (Phi) is 13.0. The average molecular weight is 911 g/mol. The van der Waals surface area contributed by atoms with Crippen molar-refractivity contribution in [2.24, 2.45) is 0 Å². The van der Waals surface area contributed by atoms with Gasteiger partial charge in [0.2, 0.25) is 0 Å². The number of aliphatic hydroxyl groups is 2. The predicted octanol–water partition coefficient (Wildman–Crippen LogP) is 8.40. The van der Waals surface area contributed by atoms with Crippen molar-refractivity contribution in [1.82, 2.24) is 5.32 Å². The lowest BCUT2D eigenvalue weighted by Gasteiger charge is -2.35. The van der Waals surface area contributed by atoms with Gasteiger partial charge in [-0.2, -0.15) is 52.7 Å². The topological polar surface area (TPSA) is 190 Å². The smallest absolute Gasteiger partial charge is 0.430 e. The van der Waals surface area contributed by atoms with E-state index in [1.165, 1.54) is 7.05 Å². The molecule has 4 aromatic carbocycles. The summed E-state index contributed by atoms with van der Waals surface area (Å²) >= 11 is 0. The number of carbonyl (C=O) groups excluding carboxylic acids is 3. The zero-order chi connectivity index (χ0) is 48.2. The molecule has 0 unspecified atom stereocenters. The molecule has 6 N–H and O–H groups in total. The minimum atomic E-state index is -6.73. The summed E-state index contributed by atoms with van der Waals surface area (Å²) < 4.78 is 171. The number of anilines is 1. The first-order valence-corrected chi connectivity index (χ1v) is 17.5. The van der Waals surface area contributed by atoms with Crippen molar-refractivity contribution in [2.75, 3.05) is 12.4 Å². The molecule has 338 valence electrons. The first-order chi connectivity index (χ1) is 28.7. The van der Waals surface area contributed by atoms with Gasteiger partial charge in [0.15, 0.2) is 5.78 Å². The van der Waals surface area contributed by atoms with Crippen molar-refractivity contribution in [2.45, 2.75) is 63.1 Å². The molecule has 0 radical (unpaired) electrons. The number of halogens is 12. The maximum absolute atomic E-state index is 14.5. The van der Waals surface area contributed by atoms with E-state index in [0.29, 0.717) is 24.3 Å². The van der Waals surface area contributed by atoms with Crippen molar-refractivity contribution in [3.05, 3.63) is 122 Å². The minimum absolute atomic E-state index is 0.0699. The van der Waals surface area contributed by atoms with E-state index in [-0.39, 0.29) is 23.3 Å². The van der Waals surface area contributed by atoms with Crippen molar-refractivity contribution in [1.29, 1.82) is 0 Å². The van der Waals surface area contributed by atoms with Crippen LogP contribution < -0.4 is 10.6 Å². The van der Waals surface area contributed by atoms with Crippen molar-refractivity contribution < 1.29 is 97.1 Å². The van der Waals surface area contributed by atoms with Crippen LogP contribution in [0.5, 0.6) is 0 Å². The number of carboxylic acids is 2. The Balaban J connectivity index is 1.98. The quantitative estimate of drug-likeness (QED) is 0.0634. The highest BCUT2D eigenvalue weighted by atomic mass is 19.4. The second kappa shape index (κ2) is 16.7. The zero-order valence-electron chi connectivity index (χ0n) is 32.3. The second-order valence-corrected chi connectivity index (χ2v) is 13.8. The molecular weight excluding hydrogens is 880 g/mol. The van der Waals surface area contributed by atoms with Crippen LogP contribution in [0.4, 0.5) is 58.4 Å². The molecule has 0 aromatic heterocycles. The molecule has 63 heavy (non-hydrogen) atoms. The summed E-state index contributed by atoms with van der Waals surface area (Å²) in [6, 6.07) is 5.56. The summed E-state index contributed by atoms with van der Waals surface area (Å²) in [7, 11) is 1.18. The summed E-state index contributed by atoms with van der Waals surface area (Å²) in [5, 5.41) is 44.1. The fourth-order valence-electron chi connectivity index (χ4n) is 6.63. The Bertz CT molecular complexity index is 2520. The van der Waals surface area contributed by atoms with Gasteiger partial charge in [0.05, 0.1) is 22.3 Å². The van der Waals surface area contributed by atoms with E-state index < -0.39 is 139 Å². The summed E-state index contributed by atoms with van der Waals surface area (Å²) in [4.78, 5) is 63.1. The molecule has 0 saturated heterocycles. The molecule has 0 heterocycles. The summed E-state index contributed by atoms with van der Waals surface area (Å²) in [5.41, 5.74) is -25.0. The number of aromatic carboxylic acids is 2. The number of aryl methyl sites for hydroxylation is 3. The number of rotatable bonds is 11. The lowest BCUT2D eigenvalue weighted by Crippen LogP contribution is -2.54. The normalized spacial score (nSPS) is 12.8. The summed E-state index contributed by atoms with van der Waals surface area (Å²) in [6.07, 6.45) is -27.0. The number of alkyl halides is 12. The van der Waals surface area contributed by atoms with E-state index in [4.69, 9.17) is 0 Å². The standard InChI is InChI=1S/C40H30F12N2O9/c1-5-18-10-16(2)23(14-27(18)35(62,37(41,42)43)38(44,45)46)24-15-28(36(63,39(47,48)49)40(50,51)52)29(11-17(24)3)54-32(57)22-9-7-20(13-26(22)34(60)61)30(55)19-6-8-21(31(56)53-4)25(12-19)33(58)59/h6-15,62-63H,5H2,1-4H3,(H,53,56)(H,54,57)(H,58,59)(H,60,61). The van der Waals surface area contributed by atoms with Gasteiger partial charge in [-0.15, -0.1) is 0 Å². The van der Waals surface area contributed by atoms with Crippen LogP contribution in [-0.4, -0.2) is 81.7 Å². The molecule has 0 atom stereocenters. The lowest BCUT2D eigenvalue weighted by molar-refractivity contribution is -0.376. The molecular formula is C40H30F12N2O9. The highest BCUT2D eigenvalue weighted by Gasteiger charge is 2.73. The maximum atomic E-state index is 14.5. The van der Waals surface area contributed by atoms with Gasteiger partial charge in [0.1, 0.15) is 0 Å². The van der Waals surface area contributed by atoms with E-state index in [1.54, 1.807) is 5.32 Å². The first kappa shape index (κ1) is 49.2. The van der Waals surface area contributed by atoms with Crippen LogP contribution in [0.15, 0.2) is 60.7 Å². The SMILES string of the molecule is CCc1cc(C)c(-c2cc(C(O)(C(F)(F)F)C(F)(F)F)c(NC(=O)c3ccc(C(=O)c4ccc(C(=O)NC)c(C(=O)O)c4)cc3C(=O)O)cc2C)cc1C(O)(C(F)(F)F)C(F)(F)F. The van der Waals surface area contributed by atoms with Crippen LogP contribution in [0.3, 0.4) is 0 Å². The maximum Gasteiger partial charge on any atom is 0.430 e. The Morgan fingerprint density at radius 3 is 1.30 bits per heavy atom. The van der Waals surface area contributed by atoms with Gasteiger partial charge < -0.3 is 31.1 Å². The molecule has 0 aliphatic carbocycles. The lowest BCUT2D eigenvalue weighted by atomic mass is 9.81. The molecule has 0 fully saturated rings. The van der Waals surface area contributed by atoms with Crippen LogP contribution in [0.25, 0.3) is 11.1 Å². The molecule has 0 spiro atoms. The highest BCUT2D eigenvalue weighted by Crippen LogP contribution is 2.55. The van der Waals surface area contributed by atoms with Gasteiger partial charge in [-0.05, 0) is 90.6 Å². The number of carbonyl (C=O) groups is 5. The second-order valence-electron chi connectivity index (χ2n) is 13.8. The minimum Gasteiger partial charge on any atom is -0.478 e. The third-order valence-corrected chi connectivity index (χ3v) is 9.90. The van der Waals surface area contributed by atoms with E-state index in [2.05, 4.69) is 5.32 Å². The van der Waals surface area contributed by atoms with Crippen molar-refractivity contribution >= 4 is 35.2 Å². The van der Waals surface area contributed by atoms with Crippen molar-refractivity contribution in [3.63, 3.8) is 0 Å². The number of nitrogens with one attached hydrogen (secondary N) is 2. The fraction of sp³-hybridized carbons (Fsp3) is 0.275. The molecule has 23 heteroatoms. The van der Waals surface area contributed by atoms with Crippen LogP contribution >= 0.6 is 0 Å². The van der Waals surface area contributed by atoms with Crippen LogP contribution in [0.1, 0.15) is 92.1 Å². The Morgan fingerprint density at radius 2 is 0.921 bits per heavy atom. The molecule has 2 amide bonds. The van der Waals surface area contributed by atoms with Crippen LogP contribution in [0, 0.1) is 13.8 Å². The van der Waals surface area contributed by atoms with Gasteiger partial charge in [-0.3, -0.25) is 14.4 Å². The molecule has 4 rings (SSSR count). The van der Waals surface area contributed by atoms with Gasteiger partial charge in [0, 0.05) is 35.0 Å². The number of amides is 2. The van der Waals surface area contributed by atoms with Gasteiger partial charge >= 0.3 is 36.6 Å². The molecule has 4 aromatic rings. The van der Waals surface area contributed by atoms with Crippen LogP contribution in [0.2, 0.25) is 0 Å². The van der Waals surface area contributed by atoms with E-state index in [9.17, 15) is 97.1 Å². The van der Waals surface area contributed by atoms with E-state index >= 15 is 0 Å². The first-order valence-electron chi connectivity index (χ1n) is 17.5. The summed E-state index contributed by atoms with van der Waals surface area (Å²) in [5.74, 6) is -7.42. The Morgan fingerprint density at radius 1 is 0.540 bits per heavy atom. The highest BCUT2D eigenvalue weighted by molar-refractivity contribution is 6.15. The Hall–Kier alpha value is -6.49. The van der Waals surface area contributed by atoms with Gasteiger partial charge in [-0.1, -0.05) is 25.1 Å². The number of benzene rings is 4. The van der Waals surface area contributed by atoms with E-state index in [0.717, 1.165) is 45.0 Å². The average Bonchev–Trinajstić information content (AvgIpc) is 3.17. The fourth-order valence-corrected chi connectivity index (χ4v) is 6.63. The number of hydrogen-bond acceptors (Lipinski definition) is 7. The van der Waals surface area contributed by atoms with Crippen LogP contribution in [-0.2, 0) is 17.6 Å². The monoisotopic (exact) mass is 910 g/mol. The largest absolute Gasteiger partial charge is 0.478 e.